The Morgan fingerprint density at radius 3 is 2.79 bits per heavy atom. The van der Waals surface area contributed by atoms with E-state index in [-0.39, 0.29) is 6.61 Å². The summed E-state index contributed by atoms with van der Waals surface area (Å²) in [5.74, 6) is -0.485. The summed E-state index contributed by atoms with van der Waals surface area (Å²) in [6.07, 6.45) is 0. The monoisotopic (exact) mass is 259 g/mol. The predicted molar refractivity (Wildman–Crippen MR) is 55.2 cm³/mol. The Balaban J connectivity index is 2.54. The third-order valence-corrected chi connectivity index (χ3v) is 2.23. The van der Waals surface area contributed by atoms with E-state index in [4.69, 9.17) is 15.6 Å². The first-order valence-electron chi connectivity index (χ1n) is 3.97. The number of carbonyl (C=O) groups is 1. The van der Waals surface area contributed by atoms with Crippen molar-refractivity contribution in [3.63, 3.8) is 0 Å². The van der Waals surface area contributed by atoms with Gasteiger partial charge in [0.2, 0.25) is 0 Å². The fourth-order valence-corrected chi connectivity index (χ4v) is 1.21. The standard InChI is InChI=1S/C9H10BrNO3/c10-6-3-1-2-4-8(6)14-5-7(11)9(12)13/h1-4,7H,5,11H2,(H,12,13). The molecule has 4 nitrogen and oxygen atoms in total. The number of aliphatic carboxylic acids is 1. The minimum atomic E-state index is -1.07. The molecule has 5 heteroatoms. The summed E-state index contributed by atoms with van der Waals surface area (Å²) in [4.78, 5) is 10.4. The van der Waals surface area contributed by atoms with Gasteiger partial charge < -0.3 is 15.6 Å². The Morgan fingerprint density at radius 1 is 1.57 bits per heavy atom. The molecule has 1 rings (SSSR count). The number of para-hydroxylation sites is 1. The molecule has 3 N–H and O–H groups in total. The Morgan fingerprint density at radius 2 is 2.21 bits per heavy atom. The van der Waals surface area contributed by atoms with Crippen LogP contribution in [0.3, 0.4) is 0 Å². The third kappa shape index (κ3) is 3.01. The first-order valence-corrected chi connectivity index (χ1v) is 4.76. The lowest BCUT2D eigenvalue weighted by atomic mass is 10.3. The Labute approximate surface area is 89.8 Å². The molecule has 0 aliphatic heterocycles. The number of carboxylic acids is 1. The molecule has 1 aromatic rings. The molecule has 0 saturated carbocycles. The second-order valence-electron chi connectivity index (χ2n) is 2.69. The zero-order valence-electron chi connectivity index (χ0n) is 7.31. The summed E-state index contributed by atoms with van der Waals surface area (Å²) in [6, 6.07) is 6.18. The normalized spacial score (nSPS) is 12.1. The summed E-state index contributed by atoms with van der Waals surface area (Å²) in [7, 11) is 0. The van der Waals surface area contributed by atoms with Gasteiger partial charge in [0, 0.05) is 0 Å². The van der Waals surface area contributed by atoms with Crippen LogP contribution in [0.4, 0.5) is 0 Å². The van der Waals surface area contributed by atoms with E-state index in [1.54, 1.807) is 12.1 Å². The Kier molecular flexibility index (Phi) is 3.91. The zero-order chi connectivity index (χ0) is 10.6. The number of rotatable bonds is 4. The second-order valence-corrected chi connectivity index (χ2v) is 3.54. The average molecular weight is 260 g/mol. The van der Waals surface area contributed by atoms with Crippen LogP contribution in [0.25, 0.3) is 0 Å². The maximum absolute atomic E-state index is 10.4. The molecular formula is C9H10BrNO3. The van der Waals surface area contributed by atoms with Gasteiger partial charge in [0.05, 0.1) is 4.47 Å². The fraction of sp³-hybridized carbons (Fsp3) is 0.222. The summed E-state index contributed by atoms with van der Waals surface area (Å²) < 4.78 is 5.98. The number of benzene rings is 1. The van der Waals surface area contributed by atoms with Gasteiger partial charge in [-0.05, 0) is 28.1 Å². The maximum atomic E-state index is 10.4. The first kappa shape index (κ1) is 11.0. The van der Waals surface area contributed by atoms with Gasteiger partial charge in [-0.15, -0.1) is 0 Å². The molecule has 1 unspecified atom stereocenters. The van der Waals surface area contributed by atoms with E-state index in [1.165, 1.54) is 0 Å². The van der Waals surface area contributed by atoms with Crippen LogP contribution in [0.5, 0.6) is 5.75 Å². The smallest absolute Gasteiger partial charge is 0.324 e. The number of ether oxygens (including phenoxy) is 1. The lowest BCUT2D eigenvalue weighted by Crippen LogP contribution is -2.36. The first-order chi connectivity index (χ1) is 6.61. The molecule has 1 aromatic carbocycles. The van der Waals surface area contributed by atoms with E-state index < -0.39 is 12.0 Å². The lowest BCUT2D eigenvalue weighted by Gasteiger charge is -2.10. The molecule has 0 aliphatic rings. The van der Waals surface area contributed by atoms with Crippen LogP contribution in [-0.4, -0.2) is 23.7 Å². The molecule has 0 heterocycles. The Hall–Kier alpha value is -1.07. The lowest BCUT2D eigenvalue weighted by molar-refractivity contribution is -0.139. The Bertz CT molecular complexity index is 330. The van der Waals surface area contributed by atoms with E-state index >= 15 is 0 Å². The van der Waals surface area contributed by atoms with E-state index in [9.17, 15) is 4.79 Å². The highest BCUT2D eigenvalue weighted by Gasteiger charge is 2.12. The van der Waals surface area contributed by atoms with Crippen molar-refractivity contribution in [2.45, 2.75) is 6.04 Å². The summed E-state index contributed by atoms with van der Waals surface area (Å²) in [5.41, 5.74) is 5.27. The highest BCUT2D eigenvalue weighted by Crippen LogP contribution is 2.23. The molecule has 0 bridgehead atoms. The minimum Gasteiger partial charge on any atom is -0.490 e. The number of halogens is 1. The molecule has 0 fully saturated rings. The van der Waals surface area contributed by atoms with Crippen molar-refractivity contribution in [1.82, 2.24) is 0 Å². The average Bonchev–Trinajstić information content (AvgIpc) is 2.16. The molecule has 1 atom stereocenters. The number of hydrogen-bond donors (Lipinski definition) is 2. The van der Waals surface area contributed by atoms with Gasteiger partial charge in [-0.25, -0.2) is 0 Å². The number of hydrogen-bond acceptors (Lipinski definition) is 3. The van der Waals surface area contributed by atoms with Gasteiger partial charge in [0.1, 0.15) is 18.4 Å². The predicted octanol–water partition coefficient (Wildman–Crippen LogP) is 1.24. The van der Waals surface area contributed by atoms with E-state index in [0.717, 1.165) is 4.47 Å². The molecule has 76 valence electrons. The van der Waals surface area contributed by atoms with Gasteiger partial charge >= 0.3 is 5.97 Å². The van der Waals surface area contributed by atoms with E-state index in [1.807, 2.05) is 12.1 Å². The number of nitrogens with two attached hydrogens (primary N) is 1. The summed E-state index contributed by atoms with van der Waals surface area (Å²) >= 11 is 3.27. The second kappa shape index (κ2) is 4.97. The van der Waals surface area contributed by atoms with Crippen molar-refractivity contribution in [2.24, 2.45) is 5.73 Å². The van der Waals surface area contributed by atoms with Crippen molar-refractivity contribution >= 4 is 21.9 Å². The van der Waals surface area contributed by atoms with Crippen LogP contribution in [0.15, 0.2) is 28.7 Å². The summed E-state index contributed by atoms with van der Waals surface area (Å²) in [6.45, 7) is -0.0437. The number of carboxylic acid groups (broad SMARTS) is 1. The van der Waals surface area contributed by atoms with Gasteiger partial charge in [-0.2, -0.15) is 0 Å². The maximum Gasteiger partial charge on any atom is 0.324 e. The van der Waals surface area contributed by atoms with E-state index in [0.29, 0.717) is 5.75 Å². The third-order valence-electron chi connectivity index (χ3n) is 1.57. The molecule has 14 heavy (non-hydrogen) atoms. The van der Waals surface area contributed by atoms with Crippen molar-refractivity contribution < 1.29 is 14.6 Å². The minimum absolute atomic E-state index is 0.0437. The largest absolute Gasteiger partial charge is 0.490 e. The van der Waals surface area contributed by atoms with Crippen molar-refractivity contribution in [1.29, 1.82) is 0 Å². The molecule has 0 aliphatic carbocycles. The zero-order valence-corrected chi connectivity index (χ0v) is 8.90. The molecule has 0 saturated heterocycles. The molecular weight excluding hydrogens is 250 g/mol. The molecule has 0 spiro atoms. The SMILES string of the molecule is NC(COc1ccccc1Br)C(=O)O. The highest BCUT2D eigenvalue weighted by atomic mass is 79.9. The van der Waals surface area contributed by atoms with Gasteiger partial charge in [0.25, 0.3) is 0 Å². The van der Waals surface area contributed by atoms with Gasteiger partial charge in [-0.1, -0.05) is 12.1 Å². The fourth-order valence-electron chi connectivity index (χ4n) is 0.813. The van der Waals surface area contributed by atoms with Gasteiger partial charge in [-0.3, -0.25) is 4.79 Å². The molecule has 0 amide bonds. The van der Waals surface area contributed by atoms with Crippen LogP contribution < -0.4 is 10.5 Å². The van der Waals surface area contributed by atoms with Gasteiger partial charge in [0.15, 0.2) is 0 Å². The van der Waals surface area contributed by atoms with Crippen molar-refractivity contribution in [2.75, 3.05) is 6.61 Å². The van der Waals surface area contributed by atoms with Crippen molar-refractivity contribution in [3.05, 3.63) is 28.7 Å². The quantitative estimate of drug-likeness (QED) is 0.854. The van der Waals surface area contributed by atoms with Crippen LogP contribution >= 0.6 is 15.9 Å². The van der Waals surface area contributed by atoms with E-state index in [2.05, 4.69) is 15.9 Å². The van der Waals surface area contributed by atoms with Crippen LogP contribution in [-0.2, 0) is 4.79 Å². The summed E-state index contributed by atoms with van der Waals surface area (Å²) in [5, 5.41) is 8.51. The van der Waals surface area contributed by atoms with Crippen LogP contribution in [0.1, 0.15) is 0 Å². The molecule has 0 radical (unpaired) electrons. The topological polar surface area (TPSA) is 72.5 Å². The molecule has 0 aromatic heterocycles. The van der Waals surface area contributed by atoms with Crippen LogP contribution in [0.2, 0.25) is 0 Å². The van der Waals surface area contributed by atoms with Crippen molar-refractivity contribution in [3.8, 4) is 5.75 Å². The van der Waals surface area contributed by atoms with Crippen LogP contribution in [0, 0.1) is 0 Å². The highest BCUT2D eigenvalue weighted by molar-refractivity contribution is 9.10.